The molecule has 0 saturated carbocycles. The third-order valence-corrected chi connectivity index (χ3v) is 5.12. The van der Waals surface area contributed by atoms with Gasteiger partial charge in [-0.3, -0.25) is 9.59 Å². The Hall–Kier alpha value is -2.44. The van der Waals surface area contributed by atoms with Gasteiger partial charge in [-0.25, -0.2) is 0 Å². The van der Waals surface area contributed by atoms with Crippen LogP contribution in [0.4, 0.5) is 0 Å². The number of amides is 1. The van der Waals surface area contributed by atoms with Crippen molar-refractivity contribution in [1.82, 2.24) is 4.90 Å². The normalized spacial score (nSPS) is 18.9. The molecule has 3 rings (SSSR count). The number of hydrogen-bond donors (Lipinski definition) is 1. The SMILES string of the molecule is COCCN1C(=O)C(=O)/C(=C(/O)c2ccc(C)cc2)[C@@H]1c1ccc(Br)cc1. The summed E-state index contributed by atoms with van der Waals surface area (Å²) < 4.78 is 5.98. The number of hydrogen-bond acceptors (Lipinski definition) is 4. The molecule has 0 aliphatic carbocycles. The molecule has 1 aliphatic rings. The highest BCUT2D eigenvalue weighted by Crippen LogP contribution is 2.39. The van der Waals surface area contributed by atoms with E-state index in [0.29, 0.717) is 12.2 Å². The molecule has 1 heterocycles. The maximum absolute atomic E-state index is 12.8. The van der Waals surface area contributed by atoms with Gasteiger partial charge in [0.05, 0.1) is 18.2 Å². The maximum Gasteiger partial charge on any atom is 0.295 e. The Morgan fingerprint density at radius 3 is 2.33 bits per heavy atom. The van der Waals surface area contributed by atoms with Gasteiger partial charge in [-0.2, -0.15) is 0 Å². The molecule has 1 N–H and O–H groups in total. The van der Waals surface area contributed by atoms with Gasteiger partial charge in [-0.15, -0.1) is 0 Å². The fourth-order valence-electron chi connectivity index (χ4n) is 3.16. The van der Waals surface area contributed by atoms with E-state index in [4.69, 9.17) is 4.74 Å². The zero-order chi connectivity index (χ0) is 19.6. The van der Waals surface area contributed by atoms with E-state index < -0.39 is 17.7 Å². The zero-order valence-electron chi connectivity index (χ0n) is 15.1. The number of likely N-dealkylation sites (tertiary alicyclic amines) is 1. The Kier molecular flexibility index (Phi) is 5.77. The van der Waals surface area contributed by atoms with Crippen molar-refractivity contribution in [2.75, 3.05) is 20.3 Å². The molecule has 6 heteroatoms. The van der Waals surface area contributed by atoms with E-state index in [1.807, 2.05) is 43.3 Å². The quantitative estimate of drug-likeness (QED) is 0.445. The van der Waals surface area contributed by atoms with Gasteiger partial charge in [-0.05, 0) is 24.6 Å². The van der Waals surface area contributed by atoms with E-state index in [-0.39, 0.29) is 17.9 Å². The van der Waals surface area contributed by atoms with Crippen molar-refractivity contribution < 1.29 is 19.4 Å². The van der Waals surface area contributed by atoms with Crippen LogP contribution in [-0.4, -0.2) is 42.0 Å². The lowest BCUT2D eigenvalue weighted by Crippen LogP contribution is -2.32. The van der Waals surface area contributed by atoms with Crippen molar-refractivity contribution in [3.8, 4) is 0 Å². The first-order valence-electron chi connectivity index (χ1n) is 8.54. The number of halogens is 1. The summed E-state index contributed by atoms with van der Waals surface area (Å²) in [5.41, 5.74) is 2.40. The summed E-state index contributed by atoms with van der Waals surface area (Å²) in [6.45, 7) is 2.49. The topological polar surface area (TPSA) is 66.8 Å². The number of aliphatic hydroxyl groups is 1. The van der Waals surface area contributed by atoms with E-state index in [1.165, 1.54) is 12.0 Å². The van der Waals surface area contributed by atoms with Crippen LogP contribution in [0.25, 0.3) is 5.76 Å². The van der Waals surface area contributed by atoms with Crippen LogP contribution in [0.2, 0.25) is 0 Å². The molecule has 0 aromatic heterocycles. The van der Waals surface area contributed by atoms with Gasteiger partial charge in [0.25, 0.3) is 11.7 Å². The second kappa shape index (κ2) is 8.06. The van der Waals surface area contributed by atoms with Gasteiger partial charge in [0.2, 0.25) is 0 Å². The first-order valence-corrected chi connectivity index (χ1v) is 9.33. The minimum atomic E-state index is -0.683. The van der Waals surface area contributed by atoms with Crippen molar-refractivity contribution in [3.63, 3.8) is 0 Å². The standard InChI is InChI=1S/C21H20BrNO4/c1-13-3-5-15(6-4-13)19(24)17-18(14-7-9-16(22)10-8-14)23(11-12-27-2)21(26)20(17)25/h3-10,18,24H,11-12H2,1-2H3/b19-17+/t18-/m0/s1. The van der Waals surface area contributed by atoms with Crippen LogP contribution in [0.3, 0.4) is 0 Å². The summed E-state index contributed by atoms with van der Waals surface area (Å²) in [5, 5.41) is 10.9. The van der Waals surface area contributed by atoms with Gasteiger partial charge in [0.15, 0.2) is 0 Å². The molecule has 2 aromatic rings. The second-order valence-electron chi connectivity index (χ2n) is 6.40. The largest absolute Gasteiger partial charge is 0.507 e. The number of aliphatic hydroxyl groups excluding tert-OH is 1. The van der Waals surface area contributed by atoms with Crippen LogP contribution in [-0.2, 0) is 14.3 Å². The molecule has 5 nitrogen and oxygen atoms in total. The summed E-state index contributed by atoms with van der Waals surface area (Å²) in [6, 6.07) is 13.9. The predicted molar refractivity (Wildman–Crippen MR) is 106 cm³/mol. The number of Topliss-reactive ketones (excluding diaryl/α,β-unsaturated/α-hetero) is 1. The average Bonchev–Trinajstić information content (AvgIpc) is 2.91. The van der Waals surface area contributed by atoms with Gasteiger partial charge in [-0.1, -0.05) is 57.9 Å². The van der Waals surface area contributed by atoms with Gasteiger partial charge in [0, 0.05) is 23.7 Å². The zero-order valence-corrected chi connectivity index (χ0v) is 16.7. The minimum Gasteiger partial charge on any atom is -0.507 e. The van der Waals surface area contributed by atoms with Gasteiger partial charge in [0.1, 0.15) is 5.76 Å². The monoisotopic (exact) mass is 429 g/mol. The number of methoxy groups -OCH3 is 1. The third-order valence-electron chi connectivity index (χ3n) is 4.59. The fourth-order valence-corrected chi connectivity index (χ4v) is 3.42. The van der Waals surface area contributed by atoms with Gasteiger partial charge < -0.3 is 14.7 Å². The lowest BCUT2D eigenvalue weighted by atomic mass is 9.95. The van der Waals surface area contributed by atoms with E-state index in [0.717, 1.165) is 15.6 Å². The Labute approximate surface area is 166 Å². The molecule has 1 aliphatic heterocycles. The first-order chi connectivity index (χ1) is 12.9. The molecule has 0 unspecified atom stereocenters. The summed E-state index contributed by atoms with van der Waals surface area (Å²) in [4.78, 5) is 26.8. The molecule has 0 radical (unpaired) electrons. The Morgan fingerprint density at radius 1 is 1.11 bits per heavy atom. The molecule has 1 amide bonds. The maximum atomic E-state index is 12.8. The van der Waals surface area contributed by atoms with Crippen molar-refractivity contribution >= 4 is 33.4 Å². The third kappa shape index (κ3) is 3.82. The Bertz CT molecular complexity index is 887. The molecule has 1 atom stereocenters. The molecular formula is C21H20BrNO4. The number of nitrogens with zero attached hydrogens (tertiary/aromatic N) is 1. The smallest absolute Gasteiger partial charge is 0.295 e. The van der Waals surface area contributed by atoms with Crippen molar-refractivity contribution in [2.45, 2.75) is 13.0 Å². The van der Waals surface area contributed by atoms with Crippen LogP contribution in [0.5, 0.6) is 0 Å². The summed E-state index contributed by atoms with van der Waals surface area (Å²) in [5.74, 6) is -1.48. The molecular weight excluding hydrogens is 410 g/mol. The molecule has 2 aromatic carbocycles. The predicted octanol–water partition coefficient (Wildman–Crippen LogP) is 3.83. The number of rotatable bonds is 5. The Balaban J connectivity index is 2.14. The van der Waals surface area contributed by atoms with E-state index in [1.54, 1.807) is 12.1 Å². The number of benzene rings is 2. The highest BCUT2D eigenvalue weighted by Gasteiger charge is 2.45. The molecule has 1 fully saturated rings. The van der Waals surface area contributed by atoms with Crippen molar-refractivity contribution in [2.24, 2.45) is 0 Å². The molecule has 0 bridgehead atoms. The summed E-state index contributed by atoms with van der Waals surface area (Å²) >= 11 is 3.39. The van der Waals surface area contributed by atoms with Crippen molar-refractivity contribution in [1.29, 1.82) is 0 Å². The van der Waals surface area contributed by atoms with Crippen LogP contribution < -0.4 is 0 Å². The van der Waals surface area contributed by atoms with Crippen LogP contribution in [0.1, 0.15) is 22.7 Å². The number of ketones is 1. The number of carbonyl (C=O) groups is 2. The summed E-state index contributed by atoms with van der Waals surface area (Å²) in [6.07, 6.45) is 0. The lowest BCUT2D eigenvalue weighted by Gasteiger charge is -2.25. The highest BCUT2D eigenvalue weighted by molar-refractivity contribution is 9.10. The van der Waals surface area contributed by atoms with Crippen molar-refractivity contribution in [3.05, 3.63) is 75.3 Å². The van der Waals surface area contributed by atoms with E-state index in [2.05, 4.69) is 15.9 Å². The van der Waals surface area contributed by atoms with Crippen LogP contribution in [0, 0.1) is 6.92 Å². The van der Waals surface area contributed by atoms with E-state index >= 15 is 0 Å². The minimum absolute atomic E-state index is 0.0993. The first kappa shape index (κ1) is 19.3. The molecule has 140 valence electrons. The Morgan fingerprint density at radius 2 is 1.74 bits per heavy atom. The van der Waals surface area contributed by atoms with E-state index in [9.17, 15) is 14.7 Å². The average molecular weight is 430 g/mol. The lowest BCUT2D eigenvalue weighted by molar-refractivity contribution is -0.140. The second-order valence-corrected chi connectivity index (χ2v) is 7.32. The fraction of sp³-hybridized carbons (Fsp3) is 0.238. The highest BCUT2D eigenvalue weighted by atomic mass is 79.9. The van der Waals surface area contributed by atoms with Crippen LogP contribution in [0.15, 0.2) is 58.6 Å². The molecule has 1 saturated heterocycles. The number of carbonyl (C=O) groups excluding carboxylic acids is 2. The summed E-state index contributed by atoms with van der Waals surface area (Å²) in [7, 11) is 1.54. The van der Waals surface area contributed by atoms with Gasteiger partial charge >= 0.3 is 0 Å². The number of ether oxygens (including phenoxy) is 1. The van der Waals surface area contributed by atoms with Crippen LogP contribution >= 0.6 is 15.9 Å². The number of aryl methyl sites for hydroxylation is 1. The molecule has 0 spiro atoms. The molecule has 27 heavy (non-hydrogen) atoms.